The highest BCUT2D eigenvalue weighted by Gasteiger charge is 2.27. The van der Waals surface area contributed by atoms with Crippen LogP contribution in [0.25, 0.3) is 10.8 Å². The minimum absolute atomic E-state index is 0.256. The van der Waals surface area contributed by atoms with Gasteiger partial charge < -0.3 is 29.0 Å². The average Bonchev–Trinajstić information content (AvgIpc) is 3.19. The van der Waals surface area contributed by atoms with Crippen molar-refractivity contribution >= 4 is 16.7 Å². The molecule has 0 bridgehead atoms. The summed E-state index contributed by atoms with van der Waals surface area (Å²) in [5.74, 6) is 0.831. The van der Waals surface area contributed by atoms with Gasteiger partial charge >= 0.3 is 5.97 Å². The number of carboxylic acid groups (broad SMARTS) is 1. The Morgan fingerprint density at radius 2 is 1.85 bits per heavy atom. The van der Waals surface area contributed by atoms with E-state index in [0.717, 1.165) is 23.8 Å². The van der Waals surface area contributed by atoms with Crippen molar-refractivity contribution in [3.63, 3.8) is 0 Å². The van der Waals surface area contributed by atoms with E-state index in [9.17, 15) is 15.0 Å². The summed E-state index contributed by atoms with van der Waals surface area (Å²) in [7, 11) is 3.18. The lowest BCUT2D eigenvalue weighted by atomic mass is 9.86. The molecular weight excluding hydrogens is 422 g/mol. The van der Waals surface area contributed by atoms with Crippen LogP contribution in [0.5, 0.6) is 11.5 Å². The largest absolute Gasteiger partial charge is 0.496 e. The van der Waals surface area contributed by atoms with E-state index in [1.54, 1.807) is 26.4 Å². The SMILES string of the molecule is COc1cc(C(O)C(Cn2cc3cccc(C(=O)O)c3c2)OCC2CCC2)cc(OC)c1C. The van der Waals surface area contributed by atoms with Gasteiger partial charge in [0, 0.05) is 35.3 Å². The number of rotatable bonds is 10. The summed E-state index contributed by atoms with van der Waals surface area (Å²) in [6.45, 7) is 2.87. The van der Waals surface area contributed by atoms with Gasteiger partial charge in [-0.05, 0) is 49.4 Å². The molecule has 2 unspecified atom stereocenters. The van der Waals surface area contributed by atoms with Crippen molar-refractivity contribution in [2.75, 3.05) is 20.8 Å². The number of fused-ring (bicyclic) bond motifs is 1. The van der Waals surface area contributed by atoms with Gasteiger partial charge in [0.15, 0.2) is 0 Å². The second-order valence-electron chi connectivity index (χ2n) is 8.73. The van der Waals surface area contributed by atoms with Crippen molar-refractivity contribution < 1.29 is 29.2 Å². The van der Waals surface area contributed by atoms with Crippen molar-refractivity contribution in [1.82, 2.24) is 4.57 Å². The Balaban J connectivity index is 1.64. The quantitative estimate of drug-likeness (QED) is 0.467. The lowest BCUT2D eigenvalue weighted by molar-refractivity contribution is -0.0670. The zero-order valence-corrected chi connectivity index (χ0v) is 19.3. The van der Waals surface area contributed by atoms with Crippen LogP contribution in [0.3, 0.4) is 0 Å². The summed E-state index contributed by atoms with van der Waals surface area (Å²) >= 11 is 0. The van der Waals surface area contributed by atoms with Crippen LogP contribution in [0, 0.1) is 12.8 Å². The van der Waals surface area contributed by atoms with Crippen molar-refractivity contribution in [3.8, 4) is 11.5 Å². The van der Waals surface area contributed by atoms with Crippen LogP contribution in [0.15, 0.2) is 42.7 Å². The molecule has 1 fully saturated rings. The first kappa shape index (κ1) is 23.1. The number of nitrogens with zero attached hydrogens (tertiary/aromatic N) is 1. The Kier molecular flexibility index (Phi) is 6.91. The fourth-order valence-corrected chi connectivity index (χ4v) is 4.38. The van der Waals surface area contributed by atoms with Gasteiger partial charge in [-0.15, -0.1) is 0 Å². The van der Waals surface area contributed by atoms with Crippen LogP contribution < -0.4 is 9.47 Å². The summed E-state index contributed by atoms with van der Waals surface area (Å²) in [6, 6.07) is 8.85. The van der Waals surface area contributed by atoms with Gasteiger partial charge in [0.25, 0.3) is 0 Å². The summed E-state index contributed by atoms with van der Waals surface area (Å²) in [6.07, 6.45) is 5.76. The van der Waals surface area contributed by atoms with Gasteiger partial charge in [0.05, 0.1) is 26.3 Å². The van der Waals surface area contributed by atoms with Gasteiger partial charge in [-0.3, -0.25) is 0 Å². The van der Waals surface area contributed by atoms with Crippen molar-refractivity contribution in [2.24, 2.45) is 5.92 Å². The normalized spacial score (nSPS) is 15.8. The number of hydrogen-bond donors (Lipinski definition) is 2. The molecule has 1 heterocycles. The van der Waals surface area contributed by atoms with Crippen LogP contribution in [-0.4, -0.2) is 47.7 Å². The highest BCUT2D eigenvalue weighted by Crippen LogP contribution is 2.35. The number of aromatic carboxylic acids is 1. The van der Waals surface area contributed by atoms with E-state index in [1.165, 1.54) is 6.42 Å². The molecule has 0 saturated heterocycles. The molecule has 4 rings (SSSR count). The van der Waals surface area contributed by atoms with E-state index in [4.69, 9.17) is 14.2 Å². The number of aliphatic hydroxyl groups excluding tert-OH is 1. The molecule has 1 aliphatic carbocycles. The minimum atomic E-state index is -0.963. The molecule has 2 atom stereocenters. The van der Waals surface area contributed by atoms with Gasteiger partial charge in [-0.1, -0.05) is 18.6 Å². The molecule has 176 valence electrons. The van der Waals surface area contributed by atoms with Crippen LogP contribution in [0.1, 0.15) is 46.9 Å². The molecule has 0 spiro atoms. The first-order valence-corrected chi connectivity index (χ1v) is 11.2. The molecule has 1 saturated carbocycles. The lowest BCUT2D eigenvalue weighted by Crippen LogP contribution is -2.31. The second-order valence-corrected chi connectivity index (χ2v) is 8.73. The smallest absolute Gasteiger partial charge is 0.336 e. The molecule has 1 aromatic heterocycles. The van der Waals surface area contributed by atoms with Crippen LogP contribution in [0.4, 0.5) is 0 Å². The molecule has 7 heteroatoms. The molecule has 0 radical (unpaired) electrons. The van der Waals surface area contributed by atoms with Crippen molar-refractivity contribution in [3.05, 3.63) is 59.4 Å². The Morgan fingerprint density at radius 1 is 1.15 bits per heavy atom. The van der Waals surface area contributed by atoms with E-state index in [0.29, 0.717) is 41.5 Å². The number of aromatic nitrogens is 1. The molecule has 7 nitrogen and oxygen atoms in total. The Labute approximate surface area is 193 Å². The third-order valence-electron chi connectivity index (χ3n) is 6.60. The lowest BCUT2D eigenvalue weighted by Gasteiger charge is -2.30. The predicted molar refractivity (Wildman–Crippen MR) is 125 cm³/mol. The van der Waals surface area contributed by atoms with Crippen LogP contribution in [0.2, 0.25) is 0 Å². The minimum Gasteiger partial charge on any atom is -0.496 e. The van der Waals surface area contributed by atoms with Gasteiger partial charge in [-0.25, -0.2) is 4.79 Å². The van der Waals surface area contributed by atoms with E-state index in [-0.39, 0.29) is 5.56 Å². The Bertz CT molecular complexity index is 1110. The average molecular weight is 454 g/mol. The zero-order chi connectivity index (χ0) is 23.5. The fourth-order valence-electron chi connectivity index (χ4n) is 4.38. The highest BCUT2D eigenvalue weighted by atomic mass is 16.5. The van der Waals surface area contributed by atoms with Crippen LogP contribution >= 0.6 is 0 Å². The van der Waals surface area contributed by atoms with E-state index in [1.807, 2.05) is 42.1 Å². The number of carboxylic acids is 1. The standard InChI is InChI=1S/C26H31NO6/c1-16-22(31-2)10-19(11-23(16)32-3)25(28)24(33-15-17-6-4-7-17)14-27-12-18-8-5-9-20(26(29)30)21(18)13-27/h5,8-13,17,24-25,28H,4,6-7,14-15H2,1-3H3,(H,29,30). The topological polar surface area (TPSA) is 90.2 Å². The van der Waals surface area contributed by atoms with E-state index in [2.05, 4.69) is 0 Å². The van der Waals surface area contributed by atoms with Crippen molar-refractivity contribution in [1.29, 1.82) is 0 Å². The third-order valence-corrected chi connectivity index (χ3v) is 6.60. The monoisotopic (exact) mass is 453 g/mol. The molecule has 33 heavy (non-hydrogen) atoms. The summed E-state index contributed by atoms with van der Waals surface area (Å²) in [5, 5.41) is 22.4. The molecule has 2 N–H and O–H groups in total. The number of hydrogen-bond acceptors (Lipinski definition) is 5. The number of carbonyl (C=O) groups is 1. The van der Waals surface area contributed by atoms with Gasteiger partial charge in [-0.2, -0.15) is 0 Å². The van der Waals surface area contributed by atoms with E-state index < -0.39 is 18.2 Å². The first-order valence-electron chi connectivity index (χ1n) is 11.2. The number of ether oxygens (including phenoxy) is 3. The summed E-state index contributed by atoms with van der Waals surface area (Å²) in [5.41, 5.74) is 1.77. The number of aliphatic hydroxyl groups is 1. The second kappa shape index (κ2) is 9.85. The molecular formula is C26H31NO6. The number of benzene rings is 2. The fraction of sp³-hybridized carbons (Fsp3) is 0.423. The van der Waals surface area contributed by atoms with Crippen molar-refractivity contribution in [2.45, 2.75) is 44.9 Å². The molecule has 2 aromatic carbocycles. The van der Waals surface area contributed by atoms with E-state index >= 15 is 0 Å². The third kappa shape index (κ3) is 4.84. The molecule has 0 aliphatic heterocycles. The Hall–Kier alpha value is -3.03. The highest BCUT2D eigenvalue weighted by molar-refractivity contribution is 6.03. The maximum Gasteiger partial charge on any atom is 0.336 e. The van der Waals surface area contributed by atoms with Gasteiger partial charge in [0.1, 0.15) is 23.7 Å². The summed E-state index contributed by atoms with van der Waals surface area (Å²) < 4.78 is 19.1. The number of methoxy groups -OCH3 is 2. The Morgan fingerprint density at radius 3 is 2.42 bits per heavy atom. The predicted octanol–water partition coefficient (Wildman–Crippen LogP) is 4.58. The first-order chi connectivity index (χ1) is 15.9. The maximum absolute atomic E-state index is 11.6. The molecule has 3 aromatic rings. The maximum atomic E-state index is 11.6. The van der Waals surface area contributed by atoms with Crippen LogP contribution in [-0.2, 0) is 11.3 Å². The zero-order valence-electron chi connectivity index (χ0n) is 19.3. The van der Waals surface area contributed by atoms with Gasteiger partial charge in [0.2, 0.25) is 0 Å². The molecule has 1 aliphatic rings. The summed E-state index contributed by atoms with van der Waals surface area (Å²) in [4.78, 5) is 11.6. The molecule has 0 amide bonds.